The van der Waals surface area contributed by atoms with Crippen molar-refractivity contribution >= 4 is 38.6 Å². The number of Topliss-reactive ketones (excluding diaryl/α,β-unsaturated/α-hetero) is 1. The molecule has 1 unspecified atom stereocenters. The Morgan fingerprint density at radius 2 is 1.81 bits per heavy atom. The zero-order chi connectivity index (χ0) is 22.2. The van der Waals surface area contributed by atoms with Crippen LogP contribution >= 0.6 is 15.9 Å². The Labute approximate surface area is 194 Å². The molecule has 1 atom stereocenters. The second kappa shape index (κ2) is 8.40. The highest BCUT2D eigenvalue weighted by atomic mass is 79.9. The minimum atomic E-state index is -0.420. The van der Waals surface area contributed by atoms with Gasteiger partial charge in [0.05, 0.1) is 18.2 Å². The van der Waals surface area contributed by atoms with Gasteiger partial charge in [0, 0.05) is 34.1 Å². The average Bonchev–Trinajstić information content (AvgIpc) is 3.13. The zero-order valence-electron chi connectivity index (χ0n) is 17.7. The number of hydrogen-bond acceptors (Lipinski definition) is 3. The van der Waals surface area contributed by atoms with E-state index in [1.807, 2.05) is 42.5 Å². The summed E-state index contributed by atoms with van der Waals surface area (Å²) in [5.74, 6) is -0.228. The van der Waals surface area contributed by atoms with E-state index in [1.54, 1.807) is 6.07 Å². The molecule has 0 saturated heterocycles. The molecular weight excluding hydrogens is 466 g/mol. The quantitative estimate of drug-likeness (QED) is 0.324. The van der Waals surface area contributed by atoms with Crippen LogP contribution in [0.4, 0.5) is 0 Å². The normalized spacial score (nSPS) is 15.6. The molecule has 160 valence electrons. The summed E-state index contributed by atoms with van der Waals surface area (Å²) in [5.41, 5.74) is 5.28. The summed E-state index contributed by atoms with van der Waals surface area (Å²) in [6.07, 6.45) is 1.18. The number of ether oxygens (including phenoxy) is 1. The van der Waals surface area contributed by atoms with Crippen LogP contribution in [0.1, 0.15) is 49.9 Å². The Bertz CT molecular complexity index is 1340. The number of carbonyl (C=O) groups excluding carboxylic acids is 2. The van der Waals surface area contributed by atoms with E-state index in [0.717, 1.165) is 27.7 Å². The van der Waals surface area contributed by atoms with Crippen LogP contribution in [-0.4, -0.2) is 23.4 Å². The lowest BCUT2D eigenvalue weighted by atomic mass is 9.81. The second-order valence-electron chi connectivity index (χ2n) is 8.17. The van der Waals surface area contributed by atoms with E-state index in [4.69, 9.17) is 4.74 Å². The van der Waals surface area contributed by atoms with Crippen molar-refractivity contribution in [3.8, 4) is 0 Å². The summed E-state index contributed by atoms with van der Waals surface area (Å²) >= 11 is 3.56. The van der Waals surface area contributed by atoms with Gasteiger partial charge in [-0.2, -0.15) is 0 Å². The molecule has 0 aliphatic heterocycles. The summed E-state index contributed by atoms with van der Waals surface area (Å²) in [5, 5.41) is 0.709. The molecule has 0 spiro atoms. The van der Waals surface area contributed by atoms with Crippen LogP contribution in [0.5, 0.6) is 0 Å². The van der Waals surface area contributed by atoms with Gasteiger partial charge >= 0.3 is 5.97 Å². The molecule has 1 heterocycles. The molecule has 1 aliphatic rings. The Balaban J connectivity index is 1.73. The molecular formula is C27H22BrNO3. The van der Waals surface area contributed by atoms with Crippen LogP contribution in [0.15, 0.2) is 77.3 Å². The first kappa shape index (κ1) is 20.7. The van der Waals surface area contributed by atoms with Crippen LogP contribution in [0, 0.1) is 0 Å². The van der Waals surface area contributed by atoms with Gasteiger partial charge in [-0.3, -0.25) is 4.79 Å². The van der Waals surface area contributed by atoms with Crippen molar-refractivity contribution in [1.29, 1.82) is 0 Å². The van der Waals surface area contributed by atoms with E-state index in [0.29, 0.717) is 29.5 Å². The van der Waals surface area contributed by atoms with Gasteiger partial charge in [-0.1, -0.05) is 64.5 Å². The molecule has 5 heteroatoms. The number of benzene rings is 3. The lowest BCUT2D eigenvalue weighted by Crippen LogP contribution is -2.21. The number of ketones is 1. The molecule has 0 fully saturated rings. The van der Waals surface area contributed by atoms with E-state index in [-0.39, 0.29) is 11.7 Å². The van der Waals surface area contributed by atoms with Crippen molar-refractivity contribution < 1.29 is 14.3 Å². The summed E-state index contributed by atoms with van der Waals surface area (Å²) in [6.45, 7) is 0.616. The van der Waals surface area contributed by atoms with Gasteiger partial charge in [-0.25, -0.2) is 4.79 Å². The molecule has 0 radical (unpaired) electrons. The predicted octanol–water partition coefficient (Wildman–Crippen LogP) is 6.15. The maximum absolute atomic E-state index is 13.5. The second-order valence-corrected chi connectivity index (χ2v) is 9.08. The van der Waals surface area contributed by atoms with Crippen molar-refractivity contribution in [3.05, 3.63) is 105 Å². The van der Waals surface area contributed by atoms with Crippen molar-refractivity contribution in [1.82, 2.24) is 4.57 Å². The third kappa shape index (κ3) is 3.56. The molecule has 4 nitrogen and oxygen atoms in total. The Kier molecular flexibility index (Phi) is 5.43. The fourth-order valence-electron chi connectivity index (χ4n) is 4.84. The van der Waals surface area contributed by atoms with Crippen molar-refractivity contribution in [3.63, 3.8) is 0 Å². The molecule has 0 N–H and O–H groups in total. The number of aromatic nitrogens is 1. The third-order valence-electron chi connectivity index (χ3n) is 6.25. The van der Waals surface area contributed by atoms with Gasteiger partial charge in [0.15, 0.2) is 5.78 Å². The van der Waals surface area contributed by atoms with Crippen LogP contribution in [0.3, 0.4) is 0 Å². The van der Waals surface area contributed by atoms with Crippen molar-refractivity contribution in [2.75, 3.05) is 7.11 Å². The lowest BCUT2D eigenvalue weighted by molar-refractivity contribution is 0.0603. The third-order valence-corrected chi connectivity index (χ3v) is 6.75. The molecule has 0 saturated carbocycles. The average molecular weight is 488 g/mol. The molecule has 4 aromatic rings. The van der Waals surface area contributed by atoms with E-state index in [2.05, 4.69) is 44.8 Å². The molecule has 0 bridgehead atoms. The minimum absolute atomic E-state index is 0.0782. The number of carbonyl (C=O) groups is 2. The maximum Gasteiger partial charge on any atom is 0.338 e. The zero-order valence-corrected chi connectivity index (χ0v) is 19.3. The largest absolute Gasteiger partial charge is 0.465 e. The number of halogens is 1. The molecule has 1 aromatic heterocycles. The molecule has 32 heavy (non-hydrogen) atoms. The van der Waals surface area contributed by atoms with E-state index < -0.39 is 5.97 Å². The minimum Gasteiger partial charge on any atom is -0.465 e. The number of rotatable bonds is 4. The Hall–Kier alpha value is -3.18. The summed E-state index contributed by atoms with van der Waals surface area (Å²) in [4.78, 5) is 26.1. The van der Waals surface area contributed by atoms with E-state index >= 15 is 0 Å². The number of nitrogens with zero attached hydrogens (tertiary/aromatic N) is 1. The smallest absolute Gasteiger partial charge is 0.338 e. The maximum atomic E-state index is 13.5. The Morgan fingerprint density at radius 3 is 2.56 bits per heavy atom. The standard InChI is InChI=1S/C27H22BrNO3/c1-32-27(31)21-11-6-12-22-25(21)26-23(29(22)16-17-7-5-10-20(28)13-17)14-19(15-24(26)30)18-8-3-2-4-9-18/h2-13,19H,14-16H2,1H3. The van der Waals surface area contributed by atoms with Gasteiger partial charge in [-0.15, -0.1) is 0 Å². The van der Waals surface area contributed by atoms with Crippen molar-refractivity contribution in [2.45, 2.75) is 25.3 Å². The van der Waals surface area contributed by atoms with Gasteiger partial charge < -0.3 is 9.30 Å². The first-order chi connectivity index (χ1) is 15.6. The first-order valence-electron chi connectivity index (χ1n) is 10.6. The lowest BCUT2D eigenvalue weighted by Gasteiger charge is -2.24. The van der Waals surface area contributed by atoms with Crippen LogP contribution in [0.25, 0.3) is 10.9 Å². The summed E-state index contributed by atoms with van der Waals surface area (Å²) in [6, 6.07) is 24.0. The molecule has 5 rings (SSSR count). The van der Waals surface area contributed by atoms with Gasteiger partial charge in [-0.05, 0) is 47.7 Å². The highest BCUT2D eigenvalue weighted by molar-refractivity contribution is 9.10. The number of esters is 1. The Morgan fingerprint density at radius 1 is 1.03 bits per heavy atom. The number of fused-ring (bicyclic) bond motifs is 3. The topological polar surface area (TPSA) is 48.3 Å². The molecule has 0 amide bonds. The fraction of sp³-hybridized carbons (Fsp3) is 0.185. The van der Waals surface area contributed by atoms with Gasteiger partial charge in [0.1, 0.15) is 0 Å². The SMILES string of the molecule is COC(=O)c1cccc2c1c1c(n2Cc2cccc(Br)c2)CC(c2ccccc2)CC1=O. The van der Waals surface area contributed by atoms with Crippen LogP contribution in [0.2, 0.25) is 0 Å². The number of methoxy groups -OCH3 is 1. The predicted molar refractivity (Wildman–Crippen MR) is 128 cm³/mol. The molecule has 1 aliphatic carbocycles. The van der Waals surface area contributed by atoms with E-state index in [9.17, 15) is 9.59 Å². The monoisotopic (exact) mass is 487 g/mol. The number of hydrogen-bond donors (Lipinski definition) is 0. The summed E-state index contributed by atoms with van der Waals surface area (Å²) in [7, 11) is 1.37. The summed E-state index contributed by atoms with van der Waals surface area (Å²) < 4.78 is 8.25. The highest BCUT2D eigenvalue weighted by Gasteiger charge is 2.33. The molecule has 3 aromatic carbocycles. The van der Waals surface area contributed by atoms with Crippen LogP contribution < -0.4 is 0 Å². The van der Waals surface area contributed by atoms with Gasteiger partial charge in [0.25, 0.3) is 0 Å². The highest BCUT2D eigenvalue weighted by Crippen LogP contribution is 2.40. The first-order valence-corrected chi connectivity index (χ1v) is 11.4. The van der Waals surface area contributed by atoms with Crippen LogP contribution in [-0.2, 0) is 17.7 Å². The van der Waals surface area contributed by atoms with E-state index in [1.165, 1.54) is 12.7 Å². The van der Waals surface area contributed by atoms with Crippen molar-refractivity contribution in [2.24, 2.45) is 0 Å². The van der Waals surface area contributed by atoms with Gasteiger partial charge in [0.2, 0.25) is 0 Å². The fourth-order valence-corrected chi connectivity index (χ4v) is 5.28.